The van der Waals surface area contributed by atoms with Gasteiger partial charge in [0.25, 0.3) is 8.03 Å². The van der Waals surface area contributed by atoms with Gasteiger partial charge in [-0.15, -0.1) is 0 Å². The van der Waals surface area contributed by atoms with Crippen LogP contribution in [0.3, 0.4) is 0 Å². The van der Waals surface area contributed by atoms with Crippen LogP contribution in [0.2, 0.25) is 0 Å². The highest BCUT2D eigenvalue weighted by molar-refractivity contribution is 7.49. The third-order valence-corrected chi connectivity index (χ3v) is 5.66. The first-order valence-electron chi connectivity index (χ1n) is 8.09. The molecule has 0 radical (unpaired) electrons. The normalized spacial score (nSPS) is 17.2. The Kier molecular flexibility index (Phi) is 3.72. The third kappa shape index (κ3) is 2.85. The van der Waals surface area contributed by atoms with Crippen LogP contribution < -0.4 is 9.83 Å². The van der Waals surface area contributed by atoms with Crippen LogP contribution in [-0.4, -0.2) is 0 Å². The van der Waals surface area contributed by atoms with Gasteiger partial charge in [0.15, 0.2) is 0 Å². The topological polar surface area (TPSA) is 26.3 Å². The van der Waals surface area contributed by atoms with Gasteiger partial charge in [-0.1, -0.05) is 65.8 Å². The second-order valence-corrected chi connectivity index (χ2v) is 9.65. The molecule has 1 heterocycles. The molecule has 0 aromatic heterocycles. The average molecular weight is 328 g/mol. The predicted octanol–water partition coefficient (Wildman–Crippen LogP) is 5.44. The maximum atomic E-state index is 12.6. The highest BCUT2D eigenvalue weighted by atomic mass is 31.1. The Hall–Kier alpha value is -1.53. The molecule has 3 heteroatoms. The van der Waals surface area contributed by atoms with E-state index in [2.05, 4.69) is 59.7 Å². The molecule has 3 rings (SSSR count). The van der Waals surface area contributed by atoms with E-state index >= 15 is 0 Å². The van der Waals surface area contributed by atoms with Crippen molar-refractivity contribution in [2.45, 2.75) is 52.4 Å². The summed E-state index contributed by atoms with van der Waals surface area (Å²) in [5.41, 5.74) is 4.51. The molecule has 2 aromatic carbocycles. The molecule has 122 valence electrons. The summed E-state index contributed by atoms with van der Waals surface area (Å²) in [5.74, 6) is 0.799. The Bertz CT molecular complexity index is 792. The molecule has 2 aromatic rings. The molecule has 0 aliphatic carbocycles. The van der Waals surface area contributed by atoms with Crippen molar-refractivity contribution < 1.29 is 9.09 Å². The molecule has 1 atom stereocenters. The SMILES string of the molecule is CC(C)(C)c1cc2c(c(C(C)(C)C)c1)O[PH](=O)c1ccccc1-2. The number of fused-ring (bicyclic) bond motifs is 3. The zero-order valence-corrected chi connectivity index (χ0v) is 15.8. The fraction of sp³-hybridized carbons (Fsp3) is 0.400. The van der Waals surface area contributed by atoms with Crippen molar-refractivity contribution in [3.63, 3.8) is 0 Å². The maximum absolute atomic E-state index is 12.6. The zero-order chi connectivity index (χ0) is 17.0. The van der Waals surface area contributed by atoms with Crippen molar-refractivity contribution in [3.05, 3.63) is 47.5 Å². The minimum Gasteiger partial charge on any atom is -0.441 e. The second-order valence-electron chi connectivity index (χ2n) is 8.34. The van der Waals surface area contributed by atoms with E-state index < -0.39 is 8.03 Å². The lowest BCUT2D eigenvalue weighted by molar-refractivity contribution is 0.491. The van der Waals surface area contributed by atoms with E-state index in [1.165, 1.54) is 5.56 Å². The minimum absolute atomic E-state index is 0.0483. The lowest BCUT2D eigenvalue weighted by Crippen LogP contribution is -2.20. The molecule has 0 N–H and O–H groups in total. The summed E-state index contributed by atoms with van der Waals surface area (Å²) >= 11 is 0. The van der Waals surface area contributed by atoms with Gasteiger partial charge in [-0.2, -0.15) is 0 Å². The molecule has 0 bridgehead atoms. The van der Waals surface area contributed by atoms with Crippen molar-refractivity contribution in [1.29, 1.82) is 0 Å². The minimum atomic E-state index is -2.24. The molecular formula is C20H25O2P. The Morgan fingerprint density at radius 2 is 1.52 bits per heavy atom. The van der Waals surface area contributed by atoms with Gasteiger partial charge in [0.2, 0.25) is 0 Å². The van der Waals surface area contributed by atoms with E-state index in [9.17, 15) is 4.57 Å². The molecule has 23 heavy (non-hydrogen) atoms. The summed E-state index contributed by atoms with van der Waals surface area (Å²) < 4.78 is 18.5. The van der Waals surface area contributed by atoms with Gasteiger partial charge in [0.05, 0.1) is 5.30 Å². The van der Waals surface area contributed by atoms with Gasteiger partial charge in [-0.05, 0) is 34.1 Å². The quantitative estimate of drug-likeness (QED) is 0.602. The van der Waals surface area contributed by atoms with Crippen LogP contribution in [0.1, 0.15) is 52.7 Å². The van der Waals surface area contributed by atoms with Crippen LogP contribution in [0.4, 0.5) is 0 Å². The Morgan fingerprint density at radius 1 is 0.870 bits per heavy atom. The average Bonchev–Trinajstić information content (AvgIpc) is 2.44. The molecule has 0 saturated carbocycles. The molecule has 1 aliphatic rings. The van der Waals surface area contributed by atoms with Crippen molar-refractivity contribution in [1.82, 2.24) is 0 Å². The van der Waals surface area contributed by atoms with Gasteiger partial charge in [0.1, 0.15) is 5.75 Å². The molecule has 0 spiro atoms. The zero-order valence-electron chi connectivity index (χ0n) is 14.8. The maximum Gasteiger partial charge on any atom is 0.266 e. The molecule has 0 amide bonds. The van der Waals surface area contributed by atoms with Crippen LogP contribution in [0.15, 0.2) is 36.4 Å². The predicted molar refractivity (Wildman–Crippen MR) is 98.5 cm³/mol. The van der Waals surface area contributed by atoms with Gasteiger partial charge < -0.3 is 4.52 Å². The fourth-order valence-corrected chi connectivity index (χ4v) is 4.16. The standard InChI is InChI=1S/C20H25O2P/c1-19(2,3)13-11-15-14-9-7-8-10-17(14)23(21)22-18(15)16(12-13)20(4,5)6/h7-12,23H,1-6H3. The van der Waals surface area contributed by atoms with Crippen LogP contribution in [0.25, 0.3) is 11.1 Å². The van der Waals surface area contributed by atoms with E-state index in [-0.39, 0.29) is 10.8 Å². The molecule has 2 nitrogen and oxygen atoms in total. The Balaban J connectivity index is 2.38. The van der Waals surface area contributed by atoms with Crippen molar-refractivity contribution in [3.8, 4) is 16.9 Å². The lowest BCUT2D eigenvalue weighted by Gasteiger charge is -2.31. The molecule has 1 unspecified atom stereocenters. The third-order valence-electron chi connectivity index (χ3n) is 4.39. The van der Waals surface area contributed by atoms with Crippen LogP contribution >= 0.6 is 8.03 Å². The van der Waals surface area contributed by atoms with Gasteiger partial charge >= 0.3 is 0 Å². The van der Waals surface area contributed by atoms with E-state index in [0.717, 1.165) is 27.7 Å². The number of hydrogen-bond donors (Lipinski definition) is 0. The molecule has 0 saturated heterocycles. The summed E-state index contributed by atoms with van der Waals surface area (Å²) in [6.07, 6.45) is 0. The smallest absolute Gasteiger partial charge is 0.266 e. The summed E-state index contributed by atoms with van der Waals surface area (Å²) in [4.78, 5) is 0. The number of benzene rings is 2. The molecular weight excluding hydrogens is 303 g/mol. The first-order valence-corrected chi connectivity index (χ1v) is 9.41. The van der Waals surface area contributed by atoms with Crippen molar-refractivity contribution in [2.24, 2.45) is 0 Å². The first-order chi connectivity index (χ1) is 10.6. The lowest BCUT2D eigenvalue weighted by atomic mass is 9.78. The number of hydrogen-bond acceptors (Lipinski definition) is 2. The summed E-state index contributed by atoms with van der Waals surface area (Å²) in [5, 5.41) is 0.830. The molecule has 0 fully saturated rings. The van der Waals surface area contributed by atoms with Crippen LogP contribution in [0, 0.1) is 0 Å². The highest BCUT2D eigenvalue weighted by Crippen LogP contribution is 2.49. The Labute approximate surface area is 139 Å². The van der Waals surface area contributed by atoms with Gasteiger partial charge in [-0.25, -0.2) is 0 Å². The monoisotopic (exact) mass is 328 g/mol. The van der Waals surface area contributed by atoms with Crippen molar-refractivity contribution >= 4 is 13.3 Å². The van der Waals surface area contributed by atoms with Gasteiger partial charge in [-0.3, -0.25) is 4.57 Å². The number of rotatable bonds is 0. The summed E-state index contributed by atoms with van der Waals surface area (Å²) in [6.45, 7) is 13.2. The van der Waals surface area contributed by atoms with Crippen LogP contribution in [-0.2, 0) is 15.4 Å². The van der Waals surface area contributed by atoms with E-state index in [1.54, 1.807) is 0 Å². The summed E-state index contributed by atoms with van der Waals surface area (Å²) in [6, 6.07) is 12.3. The van der Waals surface area contributed by atoms with Gasteiger partial charge in [0, 0.05) is 11.1 Å². The summed E-state index contributed by atoms with van der Waals surface area (Å²) in [7, 11) is -2.24. The van der Waals surface area contributed by atoms with E-state index in [0.29, 0.717) is 0 Å². The first kappa shape index (κ1) is 16.3. The highest BCUT2D eigenvalue weighted by Gasteiger charge is 2.31. The van der Waals surface area contributed by atoms with Crippen LogP contribution in [0.5, 0.6) is 5.75 Å². The fourth-order valence-electron chi connectivity index (χ4n) is 2.97. The molecule has 1 aliphatic heterocycles. The van der Waals surface area contributed by atoms with E-state index in [4.69, 9.17) is 4.52 Å². The van der Waals surface area contributed by atoms with Crippen molar-refractivity contribution in [2.75, 3.05) is 0 Å². The second kappa shape index (κ2) is 5.24. The Morgan fingerprint density at radius 3 is 2.13 bits per heavy atom. The van der Waals surface area contributed by atoms with E-state index in [1.807, 2.05) is 18.2 Å². The largest absolute Gasteiger partial charge is 0.441 e.